The SMILES string of the molecule is COc1cccc(CSc2nnc(CNC(=O)Nc3cccc(C)c3)n2-c2cc(Cl)ccc2Cl)c1. The summed E-state index contributed by atoms with van der Waals surface area (Å²) >= 11 is 14.3. The Labute approximate surface area is 217 Å². The predicted octanol–water partition coefficient (Wildman–Crippen LogP) is 6.51. The monoisotopic (exact) mass is 527 g/mol. The third-order valence-electron chi connectivity index (χ3n) is 5.03. The lowest BCUT2D eigenvalue weighted by Crippen LogP contribution is -2.29. The lowest BCUT2D eigenvalue weighted by Gasteiger charge is -2.13. The van der Waals surface area contributed by atoms with Crippen LogP contribution in [-0.4, -0.2) is 27.9 Å². The number of halogens is 2. The van der Waals surface area contributed by atoms with Crippen molar-refractivity contribution in [1.82, 2.24) is 20.1 Å². The Morgan fingerprint density at radius 3 is 2.69 bits per heavy atom. The van der Waals surface area contributed by atoms with Gasteiger partial charge in [0.1, 0.15) is 5.75 Å². The zero-order valence-corrected chi connectivity index (χ0v) is 21.4. The number of aryl methyl sites for hydroxylation is 1. The van der Waals surface area contributed by atoms with Crippen molar-refractivity contribution < 1.29 is 9.53 Å². The molecule has 1 aromatic heterocycles. The van der Waals surface area contributed by atoms with E-state index in [1.165, 1.54) is 11.8 Å². The second-order valence-corrected chi connectivity index (χ2v) is 9.43. The Morgan fingerprint density at radius 2 is 1.89 bits per heavy atom. The molecule has 0 aliphatic carbocycles. The number of rotatable bonds is 8. The highest BCUT2D eigenvalue weighted by Crippen LogP contribution is 2.31. The number of carbonyl (C=O) groups is 1. The fraction of sp³-hybridized carbons (Fsp3) is 0.160. The minimum atomic E-state index is -0.354. The van der Waals surface area contributed by atoms with Gasteiger partial charge in [0.2, 0.25) is 0 Å². The number of nitrogens with one attached hydrogen (secondary N) is 2. The van der Waals surface area contributed by atoms with Gasteiger partial charge in [0, 0.05) is 16.5 Å². The van der Waals surface area contributed by atoms with Crippen LogP contribution in [-0.2, 0) is 12.3 Å². The molecule has 0 unspecified atom stereocenters. The molecule has 2 N–H and O–H groups in total. The molecule has 1 heterocycles. The summed E-state index contributed by atoms with van der Waals surface area (Å²) < 4.78 is 7.13. The highest BCUT2D eigenvalue weighted by molar-refractivity contribution is 7.98. The molecule has 4 aromatic rings. The van der Waals surface area contributed by atoms with Crippen molar-refractivity contribution >= 4 is 46.7 Å². The number of hydrogen-bond donors (Lipinski definition) is 2. The van der Waals surface area contributed by atoms with Crippen LogP contribution in [0.5, 0.6) is 5.75 Å². The van der Waals surface area contributed by atoms with Crippen molar-refractivity contribution in [2.45, 2.75) is 24.4 Å². The Balaban J connectivity index is 1.56. The summed E-state index contributed by atoms with van der Waals surface area (Å²) in [5.41, 5.74) is 3.46. The van der Waals surface area contributed by atoms with Gasteiger partial charge in [0.05, 0.1) is 24.4 Å². The molecule has 0 radical (unpaired) electrons. The van der Waals surface area contributed by atoms with Gasteiger partial charge in [-0.2, -0.15) is 0 Å². The van der Waals surface area contributed by atoms with Crippen molar-refractivity contribution in [3.63, 3.8) is 0 Å². The Hall–Kier alpha value is -3.20. The first-order valence-corrected chi connectivity index (χ1v) is 12.4. The van der Waals surface area contributed by atoms with Crippen LogP contribution >= 0.6 is 35.0 Å². The topological polar surface area (TPSA) is 81.1 Å². The normalized spacial score (nSPS) is 10.7. The largest absolute Gasteiger partial charge is 0.497 e. The van der Waals surface area contributed by atoms with Gasteiger partial charge in [0.15, 0.2) is 11.0 Å². The second-order valence-electron chi connectivity index (χ2n) is 7.65. The summed E-state index contributed by atoms with van der Waals surface area (Å²) in [6, 6.07) is 20.2. The molecule has 0 saturated carbocycles. The Bertz CT molecular complexity index is 1350. The van der Waals surface area contributed by atoms with E-state index in [1.54, 1.807) is 25.3 Å². The number of methoxy groups -OCH3 is 1. The summed E-state index contributed by atoms with van der Waals surface area (Å²) in [4.78, 5) is 12.5. The van der Waals surface area contributed by atoms with E-state index in [-0.39, 0.29) is 12.6 Å². The number of hydrogen-bond acceptors (Lipinski definition) is 5. The Morgan fingerprint density at radius 1 is 1.06 bits per heavy atom. The maximum absolute atomic E-state index is 12.5. The van der Waals surface area contributed by atoms with Gasteiger partial charge in [-0.15, -0.1) is 10.2 Å². The predicted molar refractivity (Wildman–Crippen MR) is 141 cm³/mol. The van der Waals surface area contributed by atoms with Crippen LogP contribution in [0.25, 0.3) is 5.69 Å². The van der Waals surface area contributed by atoms with Gasteiger partial charge in [-0.3, -0.25) is 4.57 Å². The number of aromatic nitrogens is 3. The van der Waals surface area contributed by atoms with E-state index in [0.717, 1.165) is 16.9 Å². The molecule has 2 amide bonds. The maximum atomic E-state index is 12.5. The lowest BCUT2D eigenvalue weighted by molar-refractivity contribution is 0.251. The van der Waals surface area contributed by atoms with Crippen LogP contribution in [0.15, 0.2) is 71.9 Å². The maximum Gasteiger partial charge on any atom is 0.319 e. The quantitative estimate of drug-likeness (QED) is 0.255. The summed E-state index contributed by atoms with van der Waals surface area (Å²) in [7, 11) is 1.64. The first kappa shape index (κ1) is 24.9. The van der Waals surface area contributed by atoms with E-state index in [9.17, 15) is 4.79 Å². The average molecular weight is 528 g/mol. The fourth-order valence-electron chi connectivity index (χ4n) is 3.37. The summed E-state index contributed by atoms with van der Waals surface area (Å²) in [6.07, 6.45) is 0. The molecule has 0 atom stereocenters. The summed E-state index contributed by atoms with van der Waals surface area (Å²) in [5.74, 6) is 1.93. The molecule has 7 nitrogen and oxygen atoms in total. The molecule has 10 heteroatoms. The van der Waals surface area contributed by atoms with Gasteiger partial charge < -0.3 is 15.4 Å². The van der Waals surface area contributed by atoms with Crippen LogP contribution in [0.3, 0.4) is 0 Å². The average Bonchev–Trinajstić information content (AvgIpc) is 3.25. The van der Waals surface area contributed by atoms with E-state index in [1.807, 2.05) is 60.0 Å². The number of benzene rings is 3. The van der Waals surface area contributed by atoms with Crippen molar-refractivity contribution in [2.24, 2.45) is 0 Å². The molecular formula is C25H23Cl2N5O2S. The Kier molecular flexibility index (Phi) is 8.17. The number of anilines is 1. The molecule has 35 heavy (non-hydrogen) atoms. The van der Waals surface area contributed by atoms with Crippen LogP contribution in [0.1, 0.15) is 17.0 Å². The van der Waals surface area contributed by atoms with Crippen molar-refractivity contribution in [3.05, 3.63) is 93.7 Å². The molecule has 0 aliphatic heterocycles. The molecule has 0 aliphatic rings. The first-order valence-electron chi connectivity index (χ1n) is 10.7. The van der Waals surface area contributed by atoms with Crippen LogP contribution < -0.4 is 15.4 Å². The van der Waals surface area contributed by atoms with E-state index < -0.39 is 0 Å². The molecule has 0 bridgehead atoms. The third-order valence-corrected chi connectivity index (χ3v) is 6.59. The highest BCUT2D eigenvalue weighted by atomic mass is 35.5. The number of carbonyl (C=O) groups excluding carboxylic acids is 1. The minimum Gasteiger partial charge on any atom is -0.497 e. The number of ether oxygens (including phenoxy) is 1. The molecule has 0 fully saturated rings. The molecule has 3 aromatic carbocycles. The van der Waals surface area contributed by atoms with Gasteiger partial charge in [-0.05, 0) is 60.5 Å². The number of urea groups is 1. The molecule has 0 spiro atoms. The van der Waals surface area contributed by atoms with E-state index in [4.69, 9.17) is 27.9 Å². The van der Waals surface area contributed by atoms with E-state index >= 15 is 0 Å². The van der Waals surface area contributed by atoms with Crippen molar-refractivity contribution in [1.29, 1.82) is 0 Å². The van der Waals surface area contributed by atoms with Gasteiger partial charge in [-0.1, -0.05) is 59.2 Å². The molecular weight excluding hydrogens is 505 g/mol. The molecule has 0 saturated heterocycles. The summed E-state index contributed by atoms with van der Waals surface area (Å²) in [6.45, 7) is 2.10. The third kappa shape index (κ3) is 6.48. The lowest BCUT2D eigenvalue weighted by atomic mass is 10.2. The van der Waals surface area contributed by atoms with Gasteiger partial charge in [0.25, 0.3) is 0 Å². The number of thioether (sulfide) groups is 1. The van der Waals surface area contributed by atoms with Gasteiger partial charge >= 0.3 is 6.03 Å². The number of nitrogens with zero attached hydrogens (tertiary/aromatic N) is 3. The van der Waals surface area contributed by atoms with Gasteiger partial charge in [-0.25, -0.2) is 4.79 Å². The van der Waals surface area contributed by atoms with E-state index in [0.29, 0.717) is 38.2 Å². The first-order chi connectivity index (χ1) is 16.9. The minimum absolute atomic E-state index is 0.132. The smallest absolute Gasteiger partial charge is 0.319 e. The fourth-order valence-corrected chi connectivity index (χ4v) is 4.65. The van der Waals surface area contributed by atoms with E-state index in [2.05, 4.69) is 20.8 Å². The van der Waals surface area contributed by atoms with Crippen LogP contribution in [0, 0.1) is 6.92 Å². The molecule has 180 valence electrons. The van der Waals surface area contributed by atoms with Crippen molar-refractivity contribution in [2.75, 3.05) is 12.4 Å². The van der Waals surface area contributed by atoms with Crippen molar-refractivity contribution in [3.8, 4) is 11.4 Å². The number of amides is 2. The van der Waals surface area contributed by atoms with Crippen LogP contribution in [0.2, 0.25) is 10.0 Å². The zero-order valence-electron chi connectivity index (χ0n) is 19.1. The standard InChI is InChI=1S/C25H23Cl2N5O2S/c1-16-5-3-7-19(11-16)29-24(33)28-14-23-30-31-25(32(23)22-13-18(26)9-10-21(22)27)35-15-17-6-4-8-20(12-17)34-2/h3-13H,14-15H2,1-2H3,(H2,28,29,33). The highest BCUT2D eigenvalue weighted by Gasteiger charge is 2.18. The second kappa shape index (κ2) is 11.5. The molecule has 4 rings (SSSR count). The summed E-state index contributed by atoms with van der Waals surface area (Å²) in [5, 5.41) is 16.0. The van der Waals surface area contributed by atoms with Crippen LogP contribution in [0.4, 0.5) is 10.5 Å². The zero-order chi connectivity index (χ0) is 24.8.